The van der Waals surface area contributed by atoms with Crippen molar-refractivity contribution >= 4 is 29.9 Å². The SMILES string of the molecule is Cl.O=C(Cc1ccccc1Cl)NCC1CNCC1O. The summed E-state index contributed by atoms with van der Waals surface area (Å²) in [5, 5.41) is 16.1. The van der Waals surface area contributed by atoms with Crippen molar-refractivity contribution in [1.29, 1.82) is 0 Å². The monoisotopic (exact) mass is 304 g/mol. The molecule has 0 bridgehead atoms. The minimum absolute atomic E-state index is 0. The van der Waals surface area contributed by atoms with E-state index in [4.69, 9.17) is 11.6 Å². The fourth-order valence-corrected chi connectivity index (χ4v) is 2.25. The number of carbonyl (C=O) groups is 1. The molecule has 0 aliphatic carbocycles. The van der Waals surface area contributed by atoms with E-state index in [0.29, 0.717) is 18.1 Å². The van der Waals surface area contributed by atoms with E-state index in [0.717, 1.165) is 12.1 Å². The van der Waals surface area contributed by atoms with E-state index in [2.05, 4.69) is 10.6 Å². The van der Waals surface area contributed by atoms with Gasteiger partial charge in [0.25, 0.3) is 0 Å². The third-order valence-electron chi connectivity index (χ3n) is 3.17. The van der Waals surface area contributed by atoms with Crippen LogP contribution in [0.3, 0.4) is 0 Å². The first kappa shape index (κ1) is 16.2. The highest BCUT2D eigenvalue weighted by atomic mass is 35.5. The predicted molar refractivity (Wildman–Crippen MR) is 77.8 cm³/mol. The number of carbonyl (C=O) groups excluding carboxylic acids is 1. The Morgan fingerprint density at radius 2 is 2.16 bits per heavy atom. The molecule has 1 fully saturated rings. The Bertz CT molecular complexity index is 429. The smallest absolute Gasteiger partial charge is 0.224 e. The summed E-state index contributed by atoms with van der Waals surface area (Å²) in [4.78, 5) is 11.8. The second-order valence-electron chi connectivity index (χ2n) is 4.56. The van der Waals surface area contributed by atoms with Gasteiger partial charge in [0.15, 0.2) is 0 Å². The Labute approximate surface area is 123 Å². The number of aliphatic hydroxyl groups is 1. The van der Waals surface area contributed by atoms with Crippen LogP contribution in [0.2, 0.25) is 5.02 Å². The van der Waals surface area contributed by atoms with Crippen molar-refractivity contribution in [2.75, 3.05) is 19.6 Å². The number of aliphatic hydroxyl groups excluding tert-OH is 1. The molecule has 106 valence electrons. The van der Waals surface area contributed by atoms with Crippen LogP contribution in [0.15, 0.2) is 24.3 Å². The number of halogens is 2. The summed E-state index contributed by atoms with van der Waals surface area (Å²) in [5.74, 6) is 0.0300. The maximum atomic E-state index is 11.8. The highest BCUT2D eigenvalue weighted by Gasteiger charge is 2.24. The van der Waals surface area contributed by atoms with Gasteiger partial charge in [-0.1, -0.05) is 29.8 Å². The van der Waals surface area contributed by atoms with Crippen LogP contribution in [-0.4, -0.2) is 36.8 Å². The molecule has 2 rings (SSSR count). The van der Waals surface area contributed by atoms with Crippen molar-refractivity contribution in [1.82, 2.24) is 10.6 Å². The van der Waals surface area contributed by atoms with Crippen LogP contribution in [0, 0.1) is 5.92 Å². The van der Waals surface area contributed by atoms with Crippen molar-refractivity contribution in [2.45, 2.75) is 12.5 Å². The summed E-state index contributed by atoms with van der Waals surface area (Å²) in [5.41, 5.74) is 0.821. The minimum Gasteiger partial charge on any atom is -0.391 e. The van der Waals surface area contributed by atoms with Crippen LogP contribution in [-0.2, 0) is 11.2 Å². The van der Waals surface area contributed by atoms with Gasteiger partial charge in [0.1, 0.15) is 0 Å². The number of hydrogen-bond acceptors (Lipinski definition) is 3. The molecule has 19 heavy (non-hydrogen) atoms. The van der Waals surface area contributed by atoms with Gasteiger partial charge >= 0.3 is 0 Å². The summed E-state index contributed by atoms with van der Waals surface area (Å²) in [7, 11) is 0. The minimum atomic E-state index is -0.370. The van der Waals surface area contributed by atoms with Crippen molar-refractivity contribution in [3.05, 3.63) is 34.9 Å². The van der Waals surface area contributed by atoms with Crippen molar-refractivity contribution < 1.29 is 9.90 Å². The first-order chi connectivity index (χ1) is 8.66. The summed E-state index contributed by atoms with van der Waals surface area (Å²) in [6.07, 6.45) is -0.0961. The van der Waals surface area contributed by atoms with Crippen LogP contribution < -0.4 is 10.6 Å². The van der Waals surface area contributed by atoms with E-state index in [1.54, 1.807) is 6.07 Å². The molecule has 1 aliphatic heterocycles. The predicted octanol–water partition coefficient (Wildman–Crippen LogP) is 1.00. The first-order valence-electron chi connectivity index (χ1n) is 6.05. The molecule has 2 unspecified atom stereocenters. The quantitative estimate of drug-likeness (QED) is 0.778. The molecule has 0 aromatic heterocycles. The standard InChI is InChI=1S/C13H17ClN2O2.ClH/c14-11-4-2-1-3-9(11)5-13(18)16-7-10-6-15-8-12(10)17;/h1-4,10,12,15,17H,5-8H2,(H,16,18);1H. The zero-order valence-electron chi connectivity index (χ0n) is 10.4. The molecule has 4 nitrogen and oxygen atoms in total. The molecule has 1 amide bonds. The highest BCUT2D eigenvalue weighted by molar-refractivity contribution is 6.31. The fraction of sp³-hybridized carbons (Fsp3) is 0.462. The lowest BCUT2D eigenvalue weighted by atomic mass is 10.1. The van der Waals surface area contributed by atoms with E-state index in [1.165, 1.54) is 0 Å². The number of β-amino-alcohol motifs (C(OH)–C–C–N with tert-alkyl or cyclic N) is 1. The topological polar surface area (TPSA) is 61.4 Å². The molecular formula is C13H18Cl2N2O2. The molecule has 1 saturated heterocycles. The molecular weight excluding hydrogens is 287 g/mol. The Morgan fingerprint density at radius 1 is 1.42 bits per heavy atom. The molecule has 3 N–H and O–H groups in total. The Hall–Kier alpha value is -0.810. The number of amides is 1. The van der Waals surface area contributed by atoms with Gasteiger partial charge in [0, 0.05) is 30.6 Å². The number of benzene rings is 1. The molecule has 2 atom stereocenters. The van der Waals surface area contributed by atoms with Crippen LogP contribution in [0.1, 0.15) is 5.56 Å². The molecule has 1 aromatic rings. The Balaban J connectivity index is 0.00000180. The number of rotatable bonds is 4. The van der Waals surface area contributed by atoms with Gasteiger partial charge in [-0.3, -0.25) is 4.79 Å². The Morgan fingerprint density at radius 3 is 2.79 bits per heavy atom. The van der Waals surface area contributed by atoms with Crippen molar-refractivity contribution in [2.24, 2.45) is 5.92 Å². The maximum absolute atomic E-state index is 11.8. The lowest BCUT2D eigenvalue weighted by Crippen LogP contribution is -2.35. The second-order valence-corrected chi connectivity index (χ2v) is 4.97. The molecule has 6 heteroatoms. The first-order valence-corrected chi connectivity index (χ1v) is 6.43. The molecule has 1 heterocycles. The van der Waals surface area contributed by atoms with E-state index in [9.17, 15) is 9.90 Å². The maximum Gasteiger partial charge on any atom is 0.224 e. The van der Waals surface area contributed by atoms with Gasteiger partial charge in [0.2, 0.25) is 5.91 Å². The van der Waals surface area contributed by atoms with Crippen LogP contribution >= 0.6 is 24.0 Å². The van der Waals surface area contributed by atoms with Gasteiger partial charge in [-0.05, 0) is 11.6 Å². The van der Waals surface area contributed by atoms with E-state index in [1.807, 2.05) is 18.2 Å². The second kappa shape index (κ2) is 7.70. The molecule has 0 saturated carbocycles. The average molecular weight is 305 g/mol. The third-order valence-corrected chi connectivity index (χ3v) is 3.54. The normalized spacial score (nSPS) is 21.8. The van der Waals surface area contributed by atoms with E-state index < -0.39 is 0 Å². The van der Waals surface area contributed by atoms with Gasteiger partial charge in [0.05, 0.1) is 12.5 Å². The molecule has 1 aliphatic rings. The number of nitrogens with one attached hydrogen (secondary N) is 2. The van der Waals surface area contributed by atoms with Gasteiger partial charge in [-0.15, -0.1) is 12.4 Å². The lowest BCUT2D eigenvalue weighted by molar-refractivity contribution is -0.120. The van der Waals surface area contributed by atoms with Gasteiger partial charge in [-0.2, -0.15) is 0 Å². The third kappa shape index (κ3) is 4.66. The molecule has 0 spiro atoms. The molecule has 1 aromatic carbocycles. The van der Waals surface area contributed by atoms with Crippen LogP contribution in [0.5, 0.6) is 0 Å². The summed E-state index contributed by atoms with van der Waals surface area (Å²) in [6.45, 7) is 1.84. The van der Waals surface area contributed by atoms with Gasteiger partial charge in [-0.25, -0.2) is 0 Å². The van der Waals surface area contributed by atoms with E-state index in [-0.39, 0.29) is 36.8 Å². The average Bonchev–Trinajstić information content (AvgIpc) is 2.75. The Kier molecular flexibility index (Phi) is 6.58. The molecule has 0 radical (unpaired) electrons. The number of hydrogen-bond donors (Lipinski definition) is 3. The summed E-state index contributed by atoms with van der Waals surface area (Å²) >= 11 is 5.99. The van der Waals surface area contributed by atoms with Crippen LogP contribution in [0.4, 0.5) is 0 Å². The largest absolute Gasteiger partial charge is 0.391 e. The zero-order valence-corrected chi connectivity index (χ0v) is 12.0. The lowest BCUT2D eigenvalue weighted by Gasteiger charge is -2.14. The van der Waals surface area contributed by atoms with Crippen molar-refractivity contribution in [3.63, 3.8) is 0 Å². The zero-order chi connectivity index (χ0) is 13.0. The highest BCUT2D eigenvalue weighted by Crippen LogP contribution is 2.15. The summed E-state index contributed by atoms with van der Waals surface area (Å²) < 4.78 is 0. The van der Waals surface area contributed by atoms with Crippen LogP contribution in [0.25, 0.3) is 0 Å². The van der Waals surface area contributed by atoms with Gasteiger partial charge < -0.3 is 15.7 Å². The van der Waals surface area contributed by atoms with Crippen molar-refractivity contribution in [3.8, 4) is 0 Å². The summed E-state index contributed by atoms with van der Waals surface area (Å²) in [6, 6.07) is 7.31. The fourth-order valence-electron chi connectivity index (χ4n) is 2.05. The van der Waals surface area contributed by atoms with E-state index >= 15 is 0 Å².